The zero-order valence-electron chi connectivity index (χ0n) is 26.8. The number of rotatable bonds is 10. The number of benzene rings is 2. The van der Waals surface area contributed by atoms with Crippen molar-refractivity contribution in [2.45, 2.75) is 69.7 Å². The van der Waals surface area contributed by atoms with Crippen molar-refractivity contribution in [3.8, 4) is 0 Å². The van der Waals surface area contributed by atoms with E-state index in [-0.39, 0.29) is 30.6 Å². The van der Waals surface area contributed by atoms with Gasteiger partial charge in [0, 0.05) is 17.5 Å². The normalized spacial score (nSPS) is 21.6. The Labute approximate surface area is 277 Å². The van der Waals surface area contributed by atoms with Crippen LogP contribution in [0.1, 0.15) is 73.1 Å². The van der Waals surface area contributed by atoms with E-state index in [2.05, 4.69) is 32.3 Å². The van der Waals surface area contributed by atoms with E-state index in [9.17, 15) is 28.0 Å². The van der Waals surface area contributed by atoms with Gasteiger partial charge in [-0.3, -0.25) is 19.2 Å². The SMILES string of the molecule is C[C@H](NC(=O)[C@@H]1C[C@@H](F)CN1C(=O)CNC(=O)c1ccc2cc(F)ccc2n1)c1cc(NC(=O)[C@H]2CCCCN2)ccc1/C=C/C1CC1. The first-order valence-corrected chi connectivity index (χ1v) is 16.6. The van der Waals surface area contributed by atoms with Gasteiger partial charge in [-0.2, -0.15) is 0 Å². The third kappa shape index (κ3) is 8.04. The summed E-state index contributed by atoms with van der Waals surface area (Å²) in [6.07, 6.45) is 7.67. The van der Waals surface area contributed by atoms with Gasteiger partial charge in [0.1, 0.15) is 23.7 Å². The van der Waals surface area contributed by atoms with Gasteiger partial charge >= 0.3 is 0 Å². The number of carbonyl (C=O) groups is 4. The number of nitrogens with zero attached hydrogens (tertiary/aromatic N) is 2. The second kappa shape index (κ2) is 14.6. The Morgan fingerprint density at radius 1 is 1.04 bits per heavy atom. The lowest BCUT2D eigenvalue weighted by Gasteiger charge is -2.26. The van der Waals surface area contributed by atoms with E-state index in [0.717, 1.165) is 54.7 Å². The van der Waals surface area contributed by atoms with E-state index in [1.54, 1.807) is 6.07 Å². The monoisotopic (exact) mass is 658 g/mol. The number of hydrogen-bond acceptors (Lipinski definition) is 6. The molecular weight excluding hydrogens is 618 g/mol. The van der Waals surface area contributed by atoms with E-state index in [0.29, 0.717) is 22.5 Å². The first kappa shape index (κ1) is 33.2. The molecule has 1 aliphatic carbocycles. The summed E-state index contributed by atoms with van der Waals surface area (Å²) in [6, 6.07) is 10.7. The van der Waals surface area contributed by atoms with Crippen LogP contribution in [0.5, 0.6) is 0 Å². The van der Waals surface area contributed by atoms with Crippen LogP contribution in [0.25, 0.3) is 17.0 Å². The molecule has 0 spiro atoms. The average Bonchev–Trinajstić information content (AvgIpc) is 3.84. The number of amides is 4. The number of anilines is 1. The van der Waals surface area contributed by atoms with Crippen molar-refractivity contribution in [3.05, 3.63) is 77.2 Å². The van der Waals surface area contributed by atoms with Crippen molar-refractivity contribution < 1.29 is 28.0 Å². The molecule has 0 radical (unpaired) electrons. The quantitative estimate of drug-likeness (QED) is 0.255. The Balaban J connectivity index is 1.11. The topological polar surface area (TPSA) is 133 Å². The standard InChI is InChI=1S/C36H40F2N6O4/c1-21(28-18-27(12-9-23(28)8-7-22-5-6-22)42-35(47)30-4-2-3-15-39-30)41-36(48)32-17-26(38)20-44(32)33(45)19-40-34(46)31-13-10-24-16-25(37)11-14-29(24)43-31/h7-14,16,18,21-22,26,30,32,39H,2-6,15,17,19-20H2,1H3,(H,40,46)(H,41,48)(H,42,47)/b8-7+/t21-,26+,30+,32-/m0/s1. The molecule has 12 heteroatoms. The maximum absolute atomic E-state index is 14.7. The molecule has 6 rings (SSSR count). The molecule has 252 valence electrons. The maximum Gasteiger partial charge on any atom is 0.270 e. The van der Waals surface area contributed by atoms with Gasteiger partial charge in [0.2, 0.25) is 17.7 Å². The summed E-state index contributed by atoms with van der Waals surface area (Å²) in [4.78, 5) is 57.8. The summed E-state index contributed by atoms with van der Waals surface area (Å²) >= 11 is 0. The van der Waals surface area contributed by atoms with E-state index in [4.69, 9.17) is 0 Å². The van der Waals surface area contributed by atoms with Gasteiger partial charge in [0.15, 0.2) is 0 Å². The zero-order valence-corrected chi connectivity index (χ0v) is 26.8. The first-order chi connectivity index (χ1) is 23.1. The molecular formula is C36H40F2N6O4. The van der Waals surface area contributed by atoms with Crippen LogP contribution in [0, 0.1) is 11.7 Å². The predicted octanol–water partition coefficient (Wildman–Crippen LogP) is 4.42. The molecule has 1 saturated carbocycles. The number of halogens is 2. The zero-order chi connectivity index (χ0) is 33.8. The van der Waals surface area contributed by atoms with Gasteiger partial charge < -0.3 is 26.2 Å². The van der Waals surface area contributed by atoms with Crippen LogP contribution in [0.4, 0.5) is 14.5 Å². The maximum atomic E-state index is 14.7. The van der Waals surface area contributed by atoms with Crippen molar-refractivity contribution >= 4 is 46.3 Å². The molecule has 3 aliphatic rings. The van der Waals surface area contributed by atoms with Crippen molar-refractivity contribution in [1.29, 1.82) is 0 Å². The fourth-order valence-corrected chi connectivity index (χ4v) is 6.28. The number of fused-ring (bicyclic) bond motifs is 1. The molecule has 0 bridgehead atoms. The van der Waals surface area contributed by atoms with E-state index >= 15 is 0 Å². The Morgan fingerprint density at radius 3 is 2.65 bits per heavy atom. The molecule has 3 heterocycles. The minimum absolute atomic E-state index is 0.0368. The van der Waals surface area contributed by atoms with E-state index < -0.39 is 48.3 Å². The minimum Gasteiger partial charge on any atom is -0.348 e. The van der Waals surface area contributed by atoms with Crippen LogP contribution >= 0.6 is 0 Å². The molecule has 4 atom stereocenters. The summed E-state index contributed by atoms with van der Waals surface area (Å²) < 4.78 is 28.2. The van der Waals surface area contributed by atoms with Crippen molar-refractivity contribution in [1.82, 2.24) is 25.8 Å². The van der Waals surface area contributed by atoms with E-state index in [1.165, 1.54) is 24.3 Å². The Bertz CT molecular complexity index is 1740. The number of likely N-dealkylation sites (tertiary alicyclic amines) is 1. The van der Waals surface area contributed by atoms with Crippen LogP contribution in [0.3, 0.4) is 0 Å². The Morgan fingerprint density at radius 2 is 1.88 bits per heavy atom. The second-order valence-electron chi connectivity index (χ2n) is 12.9. The third-order valence-corrected chi connectivity index (χ3v) is 9.13. The highest BCUT2D eigenvalue weighted by molar-refractivity contribution is 5.98. The number of carbonyl (C=O) groups excluding carboxylic acids is 4. The number of pyridine rings is 1. The lowest BCUT2D eigenvalue weighted by atomic mass is 9.98. The molecule has 4 amide bonds. The summed E-state index contributed by atoms with van der Waals surface area (Å²) in [5.41, 5.74) is 2.73. The largest absolute Gasteiger partial charge is 0.348 e. The molecule has 2 saturated heterocycles. The molecule has 4 N–H and O–H groups in total. The fourth-order valence-electron chi connectivity index (χ4n) is 6.28. The molecule has 2 aromatic carbocycles. The van der Waals surface area contributed by atoms with Crippen molar-refractivity contribution in [3.63, 3.8) is 0 Å². The minimum atomic E-state index is -1.40. The predicted molar refractivity (Wildman–Crippen MR) is 178 cm³/mol. The Hall–Kier alpha value is -4.71. The Kier molecular flexibility index (Phi) is 10.1. The van der Waals surface area contributed by atoms with Crippen molar-refractivity contribution in [2.75, 3.05) is 25.0 Å². The van der Waals surface area contributed by atoms with Gasteiger partial charge in [0.25, 0.3) is 5.91 Å². The second-order valence-corrected chi connectivity index (χ2v) is 12.9. The lowest BCUT2D eigenvalue weighted by molar-refractivity contribution is -0.138. The summed E-state index contributed by atoms with van der Waals surface area (Å²) in [7, 11) is 0. The van der Waals surface area contributed by atoms with Crippen LogP contribution in [-0.2, 0) is 14.4 Å². The van der Waals surface area contributed by atoms with Crippen molar-refractivity contribution in [2.24, 2.45) is 5.92 Å². The number of alkyl halides is 1. The molecule has 48 heavy (non-hydrogen) atoms. The number of nitrogens with one attached hydrogen (secondary N) is 4. The molecule has 10 nitrogen and oxygen atoms in total. The van der Waals surface area contributed by atoms with Crippen LogP contribution in [0.2, 0.25) is 0 Å². The van der Waals surface area contributed by atoms with Crippen LogP contribution in [-0.4, -0.2) is 71.4 Å². The summed E-state index contributed by atoms with van der Waals surface area (Å²) in [5, 5.41) is 12.2. The lowest BCUT2D eigenvalue weighted by Crippen LogP contribution is -2.49. The molecule has 2 aliphatic heterocycles. The third-order valence-electron chi connectivity index (χ3n) is 9.13. The van der Waals surface area contributed by atoms with Crippen LogP contribution < -0.4 is 21.3 Å². The highest BCUT2D eigenvalue weighted by Gasteiger charge is 2.40. The van der Waals surface area contributed by atoms with Gasteiger partial charge in [-0.1, -0.05) is 30.7 Å². The number of hydrogen-bond donors (Lipinski definition) is 4. The highest BCUT2D eigenvalue weighted by atomic mass is 19.1. The fraction of sp³-hybridized carbons (Fsp3) is 0.417. The van der Waals surface area contributed by atoms with Gasteiger partial charge in [0.05, 0.1) is 30.7 Å². The van der Waals surface area contributed by atoms with Gasteiger partial charge in [-0.15, -0.1) is 0 Å². The average molecular weight is 659 g/mol. The summed E-state index contributed by atoms with van der Waals surface area (Å²) in [5.74, 6) is -1.74. The summed E-state index contributed by atoms with van der Waals surface area (Å²) in [6.45, 7) is 1.89. The molecule has 3 aromatic rings. The van der Waals surface area contributed by atoms with Crippen LogP contribution in [0.15, 0.2) is 54.6 Å². The molecule has 3 fully saturated rings. The highest BCUT2D eigenvalue weighted by Crippen LogP contribution is 2.32. The van der Waals surface area contributed by atoms with Gasteiger partial charge in [-0.25, -0.2) is 13.8 Å². The first-order valence-electron chi connectivity index (χ1n) is 16.6. The van der Waals surface area contributed by atoms with E-state index in [1.807, 2.05) is 31.2 Å². The number of piperidine rings is 1. The molecule has 1 aromatic heterocycles. The van der Waals surface area contributed by atoms with Gasteiger partial charge in [-0.05, 0) is 92.6 Å². The smallest absolute Gasteiger partial charge is 0.270 e. The molecule has 0 unspecified atom stereocenters. The number of allylic oxidation sites excluding steroid dienone is 1. The number of aromatic nitrogens is 1.